The van der Waals surface area contributed by atoms with E-state index < -0.39 is 6.09 Å². The Kier molecular flexibility index (Phi) is 6.54. The molecule has 4 aliphatic rings. The third-order valence-corrected chi connectivity index (χ3v) is 10.5. The van der Waals surface area contributed by atoms with Crippen LogP contribution in [0.5, 0.6) is 0 Å². The number of fused-ring (bicyclic) bond motifs is 5. The van der Waals surface area contributed by atoms with Gasteiger partial charge in [-0.05, 0) is 91.3 Å². The number of allylic oxidation sites excluding steroid dienone is 1. The molecule has 0 aromatic rings. The van der Waals surface area contributed by atoms with Crippen LogP contribution in [0.4, 0.5) is 4.79 Å². The summed E-state index contributed by atoms with van der Waals surface area (Å²) in [5, 5.41) is 0. The SMILES string of the molecule is CC(C)CCC[C@@H](C)[C@H]1CCC2C3CC=C4CC(OC([NH])=O)CC[C@]4(C)C3CC[C@@]21C. The fraction of sp³-hybridized carbons (Fsp3) is 0.893. The Morgan fingerprint density at radius 2 is 1.87 bits per heavy atom. The van der Waals surface area contributed by atoms with E-state index in [9.17, 15) is 4.79 Å². The van der Waals surface area contributed by atoms with Gasteiger partial charge in [0, 0.05) is 6.42 Å². The normalized spacial score (nSPS) is 42.9. The topological polar surface area (TPSA) is 50.1 Å². The lowest BCUT2D eigenvalue weighted by molar-refractivity contribution is -0.0579. The van der Waals surface area contributed by atoms with Crippen molar-refractivity contribution >= 4 is 6.09 Å². The van der Waals surface area contributed by atoms with Crippen molar-refractivity contribution in [2.75, 3.05) is 0 Å². The minimum Gasteiger partial charge on any atom is -0.445 e. The minimum atomic E-state index is -0.865. The first-order valence-electron chi connectivity index (χ1n) is 13.3. The molecule has 3 heteroatoms. The highest BCUT2D eigenvalue weighted by molar-refractivity contribution is 5.64. The van der Waals surface area contributed by atoms with Crippen molar-refractivity contribution in [3.63, 3.8) is 0 Å². The Balaban J connectivity index is 1.47. The monoisotopic (exact) mass is 428 g/mol. The van der Waals surface area contributed by atoms with Crippen molar-refractivity contribution in [3.05, 3.63) is 11.6 Å². The number of hydrogen-bond acceptors (Lipinski definition) is 2. The maximum Gasteiger partial charge on any atom is 0.426 e. The first-order valence-corrected chi connectivity index (χ1v) is 13.3. The van der Waals surface area contributed by atoms with Gasteiger partial charge in [-0.3, -0.25) is 0 Å². The van der Waals surface area contributed by atoms with E-state index in [0.717, 1.165) is 54.8 Å². The highest BCUT2D eigenvalue weighted by Crippen LogP contribution is 2.67. The predicted octanol–water partition coefficient (Wildman–Crippen LogP) is 7.82. The molecular weight excluding hydrogens is 382 g/mol. The van der Waals surface area contributed by atoms with E-state index in [-0.39, 0.29) is 11.5 Å². The summed E-state index contributed by atoms with van der Waals surface area (Å²) < 4.78 is 5.28. The van der Waals surface area contributed by atoms with E-state index in [1.807, 2.05) is 0 Å². The van der Waals surface area contributed by atoms with Crippen LogP contribution in [-0.2, 0) is 4.74 Å². The van der Waals surface area contributed by atoms with Gasteiger partial charge in [-0.25, -0.2) is 10.5 Å². The van der Waals surface area contributed by atoms with Crippen LogP contribution in [0, 0.1) is 46.3 Å². The Bertz CT molecular complexity index is 699. The van der Waals surface area contributed by atoms with Gasteiger partial charge in [0.2, 0.25) is 0 Å². The van der Waals surface area contributed by atoms with Gasteiger partial charge in [-0.2, -0.15) is 0 Å². The molecule has 1 amide bonds. The molecule has 1 radical (unpaired) electrons. The van der Waals surface area contributed by atoms with Crippen molar-refractivity contribution in [1.29, 1.82) is 0 Å². The molecule has 31 heavy (non-hydrogen) atoms. The molecule has 0 heterocycles. The highest BCUT2D eigenvalue weighted by atomic mass is 16.6. The largest absolute Gasteiger partial charge is 0.445 e. The number of carbonyl (C=O) groups excluding carboxylic acids is 1. The lowest BCUT2D eigenvalue weighted by Crippen LogP contribution is -2.51. The van der Waals surface area contributed by atoms with Crippen LogP contribution < -0.4 is 5.73 Å². The van der Waals surface area contributed by atoms with Crippen LogP contribution in [0.15, 0.2) is 11.6 Å². The van der Waals surface area contributed by atoms with Crippen LogP contribution >= 0.6 is 0 Å². The van der Waals surface area contributed by atoms with Crippen LogP contribution in [0.2, 0.25) is 0 Å². The molecule has 0 spiro atoms. The van der Waals surface area contributed by atoms with Crippen LogP contribution in [0.1, 0.15) is 105 Å². The van der Waals surface area contributed by atoms with Gasteiger partial charge in [-0.1, -0.05) is 65.5 Å². The first-order chi connectivity index (χ1) is 14.6. The molecule has 3 saturated carbocycles. The van der Waals surface area contributed by atoms with E-state index in [1.165, 1.54) is 56.9 Å². The fourth-order valence-corrected chi connectivity index (χ4v) is 8.90. The summed E-state index contributed by atoms with van der Waals surface area (Å²) in [4.78, 5) is 11.1. The molecule has 0 aromatic carbocycles. The van der Waals surface area contributed by atoms with E-state index in [2.05, 4.69) is 40.7 Å². The van der Waals surface area contributed by atoms with Crippen molar-refractivity contribution in [1.82, 2.24) is 5.73 Å². The summed E-state index contributed by atoms with van der Waals surface area (Å²) in [6.45, 7) is 12.4. The number of ether oxygens (including phenoxy) is 1. The molecule has 0 aliphatic heterocycles. The maximum absolute atomic E-state index is 11.1. The highest BCUT2D eigenvalue weighted by Gasteiger charge is 2.59. The van der Waals surface area contributed by atoms with Crippen molar-refractivity contribution in [2.45, 2.75) is 111 Å². The van der Waals surface area contributed by atoms with Crippen LogP contribution in [-0.4, -0.2) is 12.2 Å². The molecule has 175 valence electrons. The fourth-order valence-electron chi connectivity index (χ4n) is 8.90. The molecule has 8 atom stereocenters. The standard InChI is InChI=1S/C28H46NO2/c1-18(2)7-6-8-19(3)23-11-12-24-22-10-9-20-17-21(31-26(29)30)13-15-27(20,4)25(22)14-16-28(23,24)5/h9,18-19,21-25,29H,6-8,10-17H2,1-5H3/t19-,21?,22?,23-,24?,25?,27+,28-/m1/s1. The lowest BCUT2D eigenvalue weighted by Gasteiger charge is -2.58. The summed E-state index contributed by atoms with van der Waals surface area (Å²) in [7, 11) is 0. The molecular formula is C28H46NO2. The van der Waals surface area contributed by atoms with Crippen LogP contribution in [0.25, 0.3) is 0 Å². The van der Waals surface area contributed by atoms with Crippen molar-refractivity contribution in [3.8, 4) is 0 Å². The van der Waals surface area contributed by atoms with Gasteiger partial charge in [0.1, 0.15) is 6.10 Å². The van der Waals surface area contributed by atoms with Gasteiger partial charge in [-0.15, -0.1) is 0 Å². The second-order valence-corrected chi connectivity index (χ2v) is 12.6. The molecule has 4 aliphatic carbocycles. The average molecular weight is 429 g/mol. The average Bonchev–Trinajstić information content (AvgIpc) is 3.05. The van der Waals surface area contributed by atoms with E-state index in [1.54, 1.807) is 0 Å². The number of carbonyl (C=O) groups is 1. The Labute approximate surface area is 190 Å². The zero-order valence-electron chi connectivity index (χ0n) is 20.7. The Hall–Kier alpha value is -0.990. The van der Waals surface area contributed by atoms with Gasteiger partial charge >= 0.3 is 6.09 Å². The van der Waals surface area contributed by atoms with E-state index in [4.69, 9.17) is 10.5 Å². The molecule has 4 rings (SSSR count). The third kappa shape index (κ3) is 4.20. The Morgan fingerprint density at radius 3 is 2.58 bits per heavy atom. The quantitative estimate of drug-likeness (QED) is 0.405. The van der Waals surface area contributed by atoms with Gasteiger partial charge in [0.05, 0.1) is 0 Å². The molecule has 0 saturated heterocycles. The minimum absolute atomic E-state index is 0.0720. The summed E-state index contributed by atoms with van der Waals surface area (Å²) in [5.74, 6) is 5.14. The van der Waals surface area contributed by atoms with Crippen LogP contribution in [0.3, 0.4) is 0 Å². The first kappa shape index (κ1) is 23.2. The molecule has 3 fully saturated rings. The second kappa shape index (κ2) is 8.75. The van der Waals surface area contributed by atoms with E-state index >= 15 is 0 Å². The van der Waals surface area contributed by atoms with Crippen molar-refractivity contribution in [2.24, 2.45) is 46.3 Å². The summed E-state index contributed by atoms with van der Waals surface area (Å²) in [5.41, 5.74) is 9.54. The molecule has 0 bridgehead atoms. The number of hydrogen-bond donors (Lipinski definition) is 0. The number of rotatable bonds is 6. The zero-order chi connectivity index (χ0) is 22.4. The zero-order valence-corrected chi connectivity index (χ0v) is 20.7. The Morgan fingerprint density at radius 1 is 1.10 bits per heavy atom. The maximum atomic E-state index is 11.1. The van der Waals surface area contributed by atoms with Gasteiger partial charge in [0.15, 0.2) is 0 Å². The summed E-state index contributed by atoms with van der Waals surface area (Å²) in [6, 6.07) is 0. The molecule has 4 unspecified atom stereocenters. The molecule has 3 nitrogen and oxygen atoms in total. The smallest absolute Gasteiger partial charge is 0.426 e. The summed E-state index contributed by atoms with van der Waals surface area (Å²) >= 11 is 0. The lowest BCUT2D eigenvalue weighted by atomic mass is 9.47. The number of nitrogens with one attached hydrogen (secondary N) is 1. The van der Waals surface area contributed by atoms with Gasteiger partial charge in [0.25, 0.3) is 0 Å². The second-order valence-electron chi connectivity index (χ2n) is 12.6. The van der Waals surface area contributed by atoms with Crippen molar-refractivity contribution < 1.29 is 9.53 Å². The molecule has 0 aromatic heterocycles. The van der Waals surface area contributed by atoms with E-state index in [0.29, 0.717) is 5.41 Å². The predicted molar refractivity (Wildman–Crippen MR) is 126 cm³/mol. The number of amides is 1. The summed E-state index contributed by atoms with van der Waals surface area (Å²) in [6.07, 6.45) is 15.6. The molecule has 1 N–H and O–H groups in total. The van der Waals surface area contributed by atoms with Gasteiger partial charge < -0.3 is 4.74 Å². The third-order valence-electron chi connectivity index (χ3n) is 10.5.